The van der Waals surface area contributed by atoms with E-state index < -0.39 is 17.8 Å². The first kappa shape index (κ1) is 21.5. The lowest BCUT2D eigenvalue weighted by Gasteiger charge is -2.27. The number of fused-ring (bicyclic) bond motifs is 2. The minimum Gasteiger partial charge on any atom is -0.364 e. The van der Waals surface area contributed by atoms with Crippen LogP contribution in [0.5, 0.6) is 0 Å². The number of aryl methyl sites for hydroxylation is 1. The van der Waals surface area contributed by atoms with Crippen molar-refractivity contribution < 1.29 is 18.8 Å². The average molecular weight is 470 g/mol. The molecule has 2 fully saturated rings. The number of likely N-dealkylation sites (tertiary alicyclic amines) is 1. The number of Topliss-reactive ketones (excluding diaryl/α,β-unsaturated/α-hetero) is 1. The van der Waals surface area contributed by atoms with Crippen molar-refractivity contribution in [2.24, 2.45) is 11.7 Å². The van der Waals surface area contributed by atoms with Gasteiger partial charge in [-0.15, -0.1) is 0 Å². The molecular weight excluding hydrogens is 449 g/mol. The SMILES string of the molecule is NC(=O)c1nn(CC(=O)N2[C@@H]3C[C@@H]3C[C@H]2C(=O)CCc2cccc(Cl)c2F)c2cnccc12. The molecule has 3 atom stereocenters. The zero-order valence-electron chi connectivity index (χ0n) is 17.6. The number of carbonyl (C=O) groups excluding carboxylic acids is 3. The van der Waals surface area contributed by atoms with E-state index in [1.165, 1.54) is 23.1 Å². The number of primary amides is 1. The fraction of sp³-hybridized carbons (Fsp3) is 0.348. The predicted octanol–water partition coefficient (Wildman–Crippen LogP) is 2.51. The van der Waals surface area contributed by atoms with Crippen molar-refractivity contribution in [2.45, 2.75) is 44.3 Å². The maximum Gasteiger partial charge on any atom is 0.269 e. The molecule has 3 heterocycles. The van der Waals surface area contributed by atoms with Crippen LogP contribution < -0.4 is 5.73 Å². The first-order valence-electron chi connectivity index (χ1n) is 10.7. The number of pyridine rings is 1. The molecule has 3 aromatic rings. The normalized spacial score (nSPS) is 21.3. The zero-order chi connectivity index (χ0) is 23.3. The van der Waals surface area contributed by atoms with Gasteiger partial charge in [0.2, 0.25) is 5.91 Å². The van der Waals surface area contributed by atoms with Crippen LogP contribution in [0.1, 0.15) is 35.3 Å². The molecule has 2 N–H and O–H groups in total. The van der Waals surface area contributed by atoms with Crippen molar-refractivity contribution in [3.05, 3.63) is 58.8 Å². The number of carbonyl (C=O) groups is 3. The highest BCUT2D eigenvalue weighted by Gasteiger charge is 2.55. The maximum absolute atomic E-state index is 14.2. The summed E-state index contributed by atoms with van der Waals surface area (Å²) in [5.74, 6) is -1.25. The Morgan fingerprint density at radius 1 is 1.21 bits per heavy atom. The quantitative estimate of drug-likeness (QED) is 0.571. The summed E-state index contributed by atoms with van der Waals surface area (Å²) in [6.07, 6.45) is 4.86. The molecule has 1 saturated heterocycles. The van der Waals surface area contributed by atoms with E-state index in [9.17, 15) is 18.8 Å². The topological polar surface area (TPSA) is 111 Å². The molecule has 1 aliphatic carbocycles. The van der Waals surface area contributed by atoms with Gasteiger partial charge in [-0.2, -0.15) is 5.10 Å². The van der Waals surface area contributed by atoms with Crippen molar-refractivity contribution in [3.63, 3.8) is 0 Å². The Balaban J connectivity index is 1.33. The van der Waals surface area contributed by atoms with Crippen molar-refractivity contribution in [1.82, 2.24) is 19.7 Å². The smallest absolute Gasteiger partial charge is 0.269 e. The number of nitrogens with two attached hydrogens (primary N) is 1. The summed E-state index contributed by atoms with van der Waals surface area (Å²) in [7, 11) is 0. The van der Waals surface area contributed by atoms with Crippen molar-refractivity contribution in [3.8, 4) is 0 Å². The number of rotatable bonds is 7. The summed E-state index contributed by atoms with van der Waals surface area (Å²) in [5, 5.41) is 4.76. The van der Waals surface area contributed by atoms with Crippen LogP contribution in [0.25, 0.3) is 10.9 Å². The van der Waals surface area contributed by atoms with Crippen molar-refractivity contribution >= 4 is 40.1 Å². The van der Waals surface area contributed by atoms with Crippen LogP contribution in [0.15, 0.2) is 36.7 Å². The fourth-order valence-corrected chi connectivity index (χ4v) is 5.00. The molecule has 0 spiro atoms. The summed E-state index contributed by atoms with van der Waals surface area (Å²) in [6, 6.07) is 5.83. The maximum atomic E-state index is 14.2. The lowest BCUT2D eigenvalue weighted by molar-refractivity contribution is -0.139. The third kappa shape index (κ3) is 3.86. The first-order chi connectivity index (χ1) is 15.8. The van der Waals surface area contributed by atoms with E-state index in [2.05, 4.69) is 10.1 Å². The summed E-state index contributed by atoms with van der Waals surface area (Å²) in [5.41, 5.74) is 6.40. The number of nitrogens with zero attached hydrogens (tertiary/aromatic N) is 4. The molecule has 1 aliphatic heterocycles. The van der Waals surface area contributed by atoms with Gasteiger partial charge in [0.25, 0.3) is 5.91 Å². The lowest BCUT2D eigenvalue weighted by atomic mass is 10.00. The summed E-state index contributed by atoms with van der Waals surface area (Å²) in [6.45, 7) is -0.134. The Morgan fingerprint density at radius 3 is 2.82 bits per heavy atom. The molecule has 1 aromatic carbocycles. The number of hydrogen-bond acceptors (Lipinski definition) is 5. The molecule has 2 aliphatic rings. The summed E-state index contributed by atoms with van der Waals surface area (Å²) in [4.78, 5) is 43.7. The minimum absolute atomic E-state index is 0.0233. The summed E-state index contributed by atoms with van der Waals surface area (Å²) >= 11 is 5.83. The van der Waals surface area contributed by atoms with E-state index in [1.54, 1.807) is 23.1 Å². The van der Waals surface area contributed by atoms with Crippen molar-refractivity contribution in [1.29, 1.82) is 0 Å². The Kier molecular flexibility index (Phi) is 5.36. The standard InChI is InChI=1S/C23H21ClFN5O3/c24-15-3-1-2-12(21(15)25)4-5-19(31)17-9-13-8-16(13)30(17)20(32)11-29-18-10-27-7-6-14(18)22(28-29)23(26)33/h1-3,6-7,10,13,16-17H,4-5,8-9,11H2,(H2,26,33)/t13-,16-,17+/m1/s1. The zero-order valence-corrected chi connectivity index (χ0v) is 18.3. The molecule has 0 bridgehead atoms. The number of piperidine rings is 1. The van der Waals surface area contributed by atoms with Gasteiger partial charge in [0, 0.05) is 24.0 Å². The Bertz CT molecular complexity index is 1290. The van der Waals surface area contributed by atoms with E-state index >= 15 is 0 Å². The number of hydrogen-bond donors (Lipinski definition) is 1. The molecule has 170 valence electrons. The third-order valence-electron chi connectivity index (χ3n) is 6.51. The van der Waals surface area contributed by atoms with Crippen LogP contribution in [0.3, 0.4) is 0 Å². The van der Waals surface area contributed by atoms with Gasteiger partial charge >= 0.3 is 0 Å². The van der Waals surface area contributed by atoms with Crippen LogP contribution in [0.4, 0.5) is 4.39 Å². The predicted molar refractivity (Wildman–Crippen MR) is 118 cm³/mol. The Morgan fingerprint density at radius 2 is 2.03 bits per heavy atom. The third-order valence-corrected chi connectivity index (χ3v) is 6.80. The van der Waals surface area contributed by atoms with Gasteiger partial charge in [0.1, 0.15) is 12.4 Å². The number of halogens is 2. The molecule has 0 radical (unpaired) electrons. The second-order valence-electron chi connectivity index (χ2n) is 8.56. The number of benzene rings is 1. The second-order valence-corrected chi connectivity index (χ2v) is 8.97. The molecule has 5 rings (SSSR count). The van der Waals surface area contributed by atoms with Crippen LogP contribution in [-0.4, -0.2) is 49.3 Å². The van der Waals surface area contributed by atoms with Crippen LogP contribution in [0, 0.1) is 11.7 Å². The van der Waals surface area contributed by atoms with Gasteiger partial charge < -0.3 is 10.6 Å². The highest BCUT2D eigenvalue weighted by Crippen LogP contribution is 2.48. The fourth-order valence-electron chi connectivity index (χ4n) is 4.80. The van der Waals surface area contributed by atoms with Crippen molar-refractivity contribution in [2.75, 3.05) is 0 Å². The highest BCUT2D eigenvalue weighted by atomic mass is 35.5. The molecule has 2 amide bonds. The Hall–Kier alpha value is -3.33. The molecule has 0 unspecified atom stereocenters. The van der Waals surface area contributed by atoms with Crippen LogP contribution >= 0.6 is 11.6 Å². The molecule has 33 heavy (non-hydrogen) atoms. The van der Waals surface area contributed by atoms with E-state index in [-0.39, 0.29) is 47.8 Å². The largest absolute Gasteiger partial charge is 0.364 e. The summed E-state index contributed by atoms with van der Waals surface area (Å²) < 4.78 is 15.6. The molecule has 8 nitrogen and oxygen atoms in total. The van der Waals surface area contributed by atoms with Gasteiger partial charge in [-0.3, -0.25) is 24.0 Å². The number of aromatic nitrogens is 3. The molecule has 10 heteroatoms. The van der Waals surface area contributed by atoms with Gasteiger partial charge in [-0.25, -0.2) is 4.39 Å². The highest BCUT2D eigenvalue weighted by molar-refractivity contribution is 6.30. The first-order valence-corrected chi connectivity index (χ1v) is 11.1. The van der Waals surface area contributed by atoms with Gasteiger partial charge in [-0.1, -0.05) is 23.7 Å². The van der Waals surface area contributed by atoms with Crippen LogP contribution in [0.2, 0.25) is 5.02 Å². The number of amides is 2. The monoisotopic (exact) mass is 469 g/mol. The second kappa shape index (κ2) is 8.22. The average Bonchev–Trinajstić information content (AvgIpc) is 3.30. The van der Waals surface area contributed by atoms with E-state index in [0.29, 0.717) is 28.8 Å². The van der Waals surface area contributed by atoms with E-state index in [0.717, 1.165) is 6.42 Å². The molecule has 2 aromatic heterocycles. The minimum atomic E-state index is -0.692. The van der Waals surface area contributed by atoms with Crippen LogP contribution in [-0.2, 0) is 22.6 Å². The van der Waals surface area contributed by atoms with Gasteiger partial charge in [0.15, 0.2) is 11.5 Å². The van der Waals surface area contributed by atoms with Gasteiger partial charge in [-0.05, 0) is 42.9 Å². The Labute approximate surface area is 193 Å². The van der Waals surface area contributed by atoms with Gasteiger partial charge in [0.05, 0.1) is 22.8 Å². The van der Waals surface area contributed by atoms with E-state index in [1.807, 2.05) is 0 Å². The molecular formula is C23H21ClFN5O3. The number of ketones is 1. The lowest BCUT2D eigenvalue weighted by Crippen LogP contribution is -2.44. The molecule has 1 saturated carbocycles. The van der Waals surface area contributed by atoms with E-state index in [4.69, 9.17) is 17.3 Å².